The van der Waals surface area contributed by atoms with Gasteiger partial charge >= 0.3 is 0 Å². The van der Waals surface area contributed by atoms with Crippen LogP contribution in [0.4, 0.5) is 24.7 Å². The smallest absolute Gasteiger partial charge is 0.265 e. The largest absolute Gasteiger partial charge is 0.354 e. The van der Waals surface area contributed by atoms with Gasteiger partial charge in [0.15, 0.2) is 11.6 Å². The summed E-state index contributed by atoms with van der Waals surface area (Å²) >= 11 is 0. The summed E-state index contributed by atoms with van der Waals surface area (Å²) in [4.78, 5) is 5.52. The number of aromatic amines is 1. The van der Waals surface area contributed by atoms with Gasteiger partial charge in [0.25, 0.3) is 6.43 Å². The third-order valence-corrected chi connectivity index (χ3v) is 4.78. The van der Waals surface area contributed by atoms with Crippen molar-refractivity contribution < 1.29 is 21.6 Å². The van der Waals surface area contributed by atoms with Crippen LogP contribution < -0.4 is 9.62 Å². The molecule has 1 fully saturated rings. The van der Waals surface area contributed by atoms with Crippen molar-refractivity contribution in [2.75, 3.05) is 29.0 Å². The summed E-state index contributed by atoms with van der Waals surface area (Å²) in [6, 6.07) is 0.795. The fourth-order valence-electron chi connectivity index (χ4n) is 3.09. The van der Waals surface area contributed by atoms with Crippen molar-refractivity contribution in [3.8, 4) is 0 Å². The molecule has 2 aromatic heterocycles. The summed E-state index contributed by atoms with van der Waals surface area (Å²) in [5.41, 5.74) is 0.485. The van der Waals surface area contributed by atoms with E-state index in [1.54, 1.807) is 4.90 Å². The molecule has 3 rings (SSSR count). The molecule has 0 saturated carbocycles. The average Bonchev–Trinajstić information content (AvgIpc) is 3.01. The second kappa shape index (κ2) is 7.14. The van der Waals surface area contributed by atoms with Crippen LogP contribution in [0, 0.1) is 5.82 Å². The number of nitrogens with zero attached hydrogens (tertiary/aromatic N) is 3. The number of alkyl halides is 2. The predicted octanol–water partition coefficient (Wildman–Crippen LogP) is 2.64. The summed E-state index contributed by atoms with van der Waals surface area (Å²) in [5, 5.41) is 6.68. The molecule has 11 heteroatoms. The maximum atomic E-state index is 14.2. The Morgan fingerprint density at radius 3 is 2.81 bits per heavy atom. The van der Waals surface area contributed by atoms with Crippen LogP contribution in [0.5, 0.6) is 0 Å². The number of aromatic nitrogens is 3. The third kappa shape index (κ3) is 4.09. The summed E-state index contributed by atoms with van der Waals surface area (Å²) < 4.78 is 64.9. The summed E-state index contributed by atoms with van der Waals surface area (Å²) in [6.07, 6.45) is 2.06. The molecule has 1 aliphatic rings. The normalized spacial score (nSPS) is 18.3. The molecule has 0 aromatic carbocycles. The van der Waals surface area contributed by atoms with E-state index in [9.17, 15) is 21.6 Å². The first-order valence-electron chi connectivity index (χ1n) is 7.94. The monoisotopic (exact) mass is 389 g/mol. The van der Waals surface area contributed by atoms with E-state index >= 15 is 0 Å². The van der Waals surface area contributed by atoms with Crippen molar-refractivity contribution in [2.45, 2.75) is 25.2 Å². The van der Waals surface area contributed by atoms with Gasteiger partial charge in [0, 0.05) is 30.8 Å². The molecule has 3 heterocycles. The Morgan fingerprint density at radius 2 is 2.15 bits per heavy atom. The molecule has 0 spiro atoms. The van der Waals surface area contributed by atoms with E-state index in [0.717, 1.165) is 24.9 Å². The Hall–Kier alpha value is -2.30. The molecular formula is C15H18F3N5O2S. The van der Waals surface area contributed by atoms with Gasteiger partial charge in [-0.25, -0.2) is 26.6 Å². The first-order chi connectivity index (χ1) is 12.2. The first kappa shape index (κ1) is 18.5. The number of sulfonamides is 1. The van der Waals surface area contributed by atoms with Gasteiger partial charge in [-0.05, 0) is 18.9 Å². The summed E-state index contributed by atoms with van der Waals surface area (Å²) in [6.45, 7) is 0.885. The highest BCUT2D eigenvalue weighted by atomic mass is 32.2. The predicted molar refractivity (Wildman–Crippen MR) is 90.4 cm³/mol. The van der Waals surface area contributed by atoms with E-state index in [1.165, 1.54) is 6.20 Å². The topological polar surface area (TPSA) is 91.0 Å². The number of pyridine rings is 1. The molecule has 1 saturated heterocycles. The van der Waals surface area contributed by atoms with Gasteiger partial charge < -0.3 is 4.90 Å². The van der Waals surface area contributed by atoms with Crippen LogP contribution in [0.2, 0.25) is 0 Å². The number of nitrogens with one attached hydrogen (secondary N) is 2. The molecule has 26 heavy (non-hydrogen) atoms. The lowest BCUT2D eigenvalue weighted by molar-refractivity contribution is 0.150. The molecule has 1 atom stereocenters. The van der Waals surface area contributed by atoms with Crippen molar-refractivity contribution >= 4 is 21.5 Å². The van der Waals surface area contributed by atoms with Gasteiger partial charge in [-0.1, -0.05) is 0 Å². The Kier molecular flexibility index (Phi) is 5.08. The number of hydrogen-bond acceptors (Lipinski definition) is 5. The van der Waals surface area contributed by atoms with Crippen LogP contribution in [-0.2, 0) is 10.0 Å². The fourth-order valence-corrected chi connectivity index (χ4v) is 3.65. The van der Waals surface area contributed by atoms with Crippen LogP contribution in [-0.4, -0.2) is 42.9 Å². The van der Waals surface area contributed by atoms with Crippen molar-refractivity contribution in [3.63, 3.8) is 0 Å². The molecule has 0 aliphatic carbocycles. The van der Waals surface area contributed by atoms with Crippen LogP contribution >= 0.6 is 0 Å². The number of anilines is 2. The lowest BCUT2D eigenvalue weighted by atomic mass is 9.94. The van der Waals surface area contributed by atoms with Crippen LogP contribution in [0.1, 0.15) is 36.4 Å². The standard InChI is InChI=1S/C15H18F3N5O2S/c1-26(24,25)22-12-7-20-21-13(12)9-3-2-4-23(8-9)15-11(16)5-10(6-19-15)14(17)18/h5-7,9,14,22H,2-4,8H2,1H3,(H,20,21). The second-order valence-corrected chi connectivity index (χ2v) is 7.98. The lowest BCUT2D eigenvalue weighted by Gasteiger charge is -2.33. The molecular weight excluding hydrogens is 371 g/mol. The van der Waals surface area contributed by atoms with E-state index in [-0.39, 0.29) is 11.7 Å². The zero-order chi connectivity index (χ0) is 18.9. The summed E-state index contributed by atoms with van der Waals surface area (Å²) in [5.74, 6) is -0.926. The number of halogens is 3. The minimum atomic E-state index is -3.46. The van der Waals surface area contributed by atoms with Crippen molar-refractivity contribution in [1.82, 2.24) is 15.2 Å². The molecule has 0 radical (unpaired) electrons. The molecule has 1 unspecified atom stereocenters. The second-order valence-electron chi connectivity index (χ2n) is 6.23. The quantitative estimate of drug-likeness (QED) is 0.820. The molecule has 0 bridgehead atoms. The van der Waals surface area contributed by atoms with Gasteiger partial charge in [0.2, 0.25) is 10.0 Å². The van der Waals surface area contributed by atoms with E-state index in [2.05, 4.69) is 19.9 Å². The lowest BCUT2D eigenvalue weighted by Crippen LogP contribution is -2.36. The average molecular weight is 389 g/mol. The van der Waals surface area contributed by atoms with Crippen molar-refractivity contribution in [3.05, 3.63) is 35.5 Å². The SMILES string of the molecule is CS(=O)(=O)Nc1cn[nH]c1C1CCCN(c2ncc(C(F)F)cc2F)C1. The minimum absolute atomic E-state index is 0.0104. The van der Waals surface area contributed by atoms with Gasteiger partial charge in [-0.3, -0.25) is 9.82 Å². The first-order valence-corrected chi connectivity index (χ1v) is 9.83. The molecule has 7 nitrogen and oxygen atoms in total. The van der Waals surface area contributed by atoms with Crippen LogP contribution in [0.15, 0.2) is 18.5 Å². The highest BCUT2D eigenvalue weighted by Gasteiger charge is 2.28. The minimum Gasteiger partial charge on any atom is -0.354 e. The summed E-state index contributed by atoms with van der Waals surface area (Å²) in [7, 11) is -3.46. The third-order valence-electron chi connectivity index (χ3n) is 4.19. The van der Waals surface area contributed by atoms with Gasteiger partial charge in [0.05, 0.1) is 23.8 Å². The molecule has 2 aromatic rings. The van der Waals surface area contributed by atoms with E-state index < -0.39 is 27.8 Å². The van der Waals surface area contributed by atoms with E-state index in [0.29, 0.717) is 30.9 Å². The Bertz CT molecular complexity index is 887. The van der Waals surface area contributed by atoms with E-state index in [1.807, 2.05) is 0 Å². The van der Waals surface area contributed by atoms with Crippen molar-refractivity contribution in [1.29, 1.82) is 0 Å². The zero-order valence-corrected chi connectivity index (χ0v) is 14.7. The number of H-pyrrole nitrogens is 1. The molecule has 2 N–H and O–H groups in total. The molecule has 142 valence electrons. The molecule has 0 amide bonds. The maximum Gasteiger partial charge on any atom is 0.265 e. The Morgan fingerprint density at radius 1 is 1.38 bits per heavy atom. The Balaban J connectivity index is 1.82. The Labute approximate surface area is 148 Å². The fraction of sp³-hybridized carbons (Fsp3) is 0.467. The number of piperidine rings is 1. The highest BCUT2D eigenvalue weighted by molar-refractivity contribution is 7.92. The number of rotatable bonds is 5. The van der Waals surface area contributed by atoms with Gasteiger partial charge in [-0.15, -0.1) is 0 Å². The highest BCUT2D eigenvalue weighted by Crippen LogP contribution is 2.33. The number of hydrogen-bond donors (Lipinski definition) is 2. The zero-order valence-electron chi connectivity index (χ0n) is 13.9. The molecule has 1 aliphatic heterocycles. The van der Waals surface area contributed by atoms with Gasteiger partial charge in [-0.2, -0.15) is 5.10 Å². The van der Waals surface area contributed by atoms with Gasteiger partial charge in [0.1, 0.15) is 0 Å². The van der Waals surface area contributed by atoms with E-state index in [4.69, 9.17) is 0 Å². The van der Waals surface area contributed by atoms with Crippen LogP contribution in [0.3, 0.4) is 0 Å². The van der Waals surface area contributed by atoms with Crippen molar-refractivity contribution in [2.24, 2.45) is 0 Å². The van der Waals surface area contributed by atoms with Crippen LogP contribution in [0.25, 0.3) is 0 Å². The maximum absolute atomic E-state index is 14.2.